The largest absolute Gasteiger partial charge is 0.466 e. The predicted molar refractivity (Wildman–Crippen MR) is 184 cm³/mol. The number of terminal acetylenes is 1. The quantitative estimate of drug-likeness (QED) is 0.0574. The van der Waals surface area contributed by atoms with Crippen LogP contribution in [-0.2, 0) is 14.3 Å². The zero-order chi connectivity index (χ0) is 33.8. The highest BCUT2D eigenvalue weighted by Gasteiger charge is 2.23. The summed E-state index contributed by atoms with van der Waals surface area (Å²) in [5.74, 6) is 39.3. The molecule has 0 aromatic heterocycles. The van der Waals surface area contributed by atoms with Gasteiger partial charge in [-0.1, -0.05) is 109 Å². The molecule has 5 nitrogen and oxygen atoms in total. The van der Waals surface area contributed by atoms with Gasteiger partial charge in [-0.15, -0.1) is 6.42 Å². The van der Waals surface area contributed by atoms with E-state index < -0.39 is 17.8 Å². The van der Waals surface area contributed by atoms with Gasteiger partial charge in [-0.25, -0.2) is 5.06 Å². The van der Waals surface area contributed by atoms with Crippen molar-refractivity contribution in [2.24, 2.45) is 5.92 Å². The summed E-state index contributed by atoms with van der Waals surface area (Å²) in [7, 11) is 1.17. The van der Waals surface area contributed by atoms with Gasteiger partial charge in [0, 0.05) is 7.05 Å². The molecule has 0 aromatic rings. The number of nitrogens with zero attached hydrogens (tertiary/aromatic N) is 1. The lowest BCUT2D eigenvalue weighted by Gasteiger charge is -2.13. The molecule has 0 saturated carbocycles. The Kier molecular flexibility index (Phi) is 29.2. The van der Waals surface area contributed by atoms with E-state index in [9.17, 15) is 14.8 Å². The molecule has 1 amide bonds. The van der Waals surface area contributed by atoms with Crippen LogP contribution in [-0.4, -0.2) is 35.8 Å². The van der Waals surface area contributed by atoms with Crippen molar-refractivity contribution in [1.29, 1.82) is 0 Å². The van der Waals surface area contributed by atoms with E-state index in [0.29, 0.717) is 11.7 Å². The van der Waals surface area contributed by atoms with Gasteiger partial charge in [0.05, 0.1) is 13.0 Å². The van der Waals surface area contributed by atoms with Gasteiger partial charge in [0.1, 0.15) is 5.92 Å². The Balaban J connectivity index is 4.27. The molecule has 0 rings (SSSR count). The van der Waals surface area contributed by atoms with Crippen LogP contribution in [0.25, 0.3) is 0 Å². The fourth-order valence-electron chi connectivity index (χ4n) is 4.05. The van der Waals surface area contributed by atoms with Crippen molar-refractivity contribution in [2.45, 2.75) is 116 Å². The molecule has 0 bridgehead atoms. The standard InChI is InChI=1S/C41H45NO4/c1-4-6-8-10-12-14-16-18-20-22-24-26-28-30-32-34-36-39(41(44)42(3)45)38-40(43)46-37-35-33-31-29-27-25-23-21-19-17-15-13-11-9-7-5-2/h1,39,45H,5,7,9,11,13,15,17,19,21,23,25,27,29,31,33,35,37-38H2,2-3H3. The van der Waals surface area contributed by atoms with E-state index in [1.165, 1.54) is 90.5 Å². The minimum atomic E-state index is -1.08. The number of carbonyl (C=O) groups excluding carboxylic acids is 2. The summed E-state index contributed by atoms with van der Waals surface area (Å²) < 4.78 is 5.28. The van der Waals surface area contributed by atoms with Crippen molar-refractivity contribution in [3.63, 3.8) is 0 Å². The number of unbranched alkanes of at least 4 members (excludes halogenated alkanes) is 15. The Hall–Kier alpha value is -5.06. The molecule has 5 heteroatoms. The van der Waals surface area contributed by atoms with Crippen LogP contribution >= 0.6 is 0 Å². The summed E-state index contributed by atoms with van der Waals surface area (Å²) in [4.78, 5) is 24.5. The third-order valence-corrected chi connectivity index (χ3v) is 6.44. The van der Waals surface area contributed by atoms with Crippen LogP contribution in [0.1, 0.15) is 116 Å². The lowest BCUT2D eigenvalue weighted by Crippen LogP contribution is -2.31. The van der Waals surface area contributed by atoms with Crippen LogP contribution in [0.3, 0.4) is 0 Å². The highest BCUT2D eigenvalue weighted by Crippen LogP contribution is 2.14. The van der Waals surface area contributed by atoms with Gasteiger partial charge in [0.25, 0.3) is 5.91 Å². The van der Waals surface area contributed by atoms with Gasteiger partial charge < -0.3 is 4.74 Å². The maximum atomic E-state index is 12.3. The zero-order valence-electron chi connectivity index (χ0n) is 27.5. The van der Waals surface area contributed by atoms with Gasteiger partial charge in [0.15, 0.2) is 0 Å². The molecule has 0 aromatic carbocycles. The van der Waals surface area contributed by atoms with Crippen molar-refractivity contribution in [2.75, 3.05) is 13.7 Å². The van der Waals surface area contributed by atoms with Crippen LogP contribution in [0, 0.1) is 113 Å². The van der Waals surface area contributed by atoms with Gasteiger partial charge in [-0.3, -0.25) is 14.8 Å². The molecule has 1 N–H and O–H groups in total. The van der Waals surface area contributed by atoms with E-state index >= 15 is 0 Å². The first kappa shape index (κ1) is 40.9. The molecule has 0 radical (unpaired) electrons. The normalized spacial score (nSPS) is 9.00. The van der Waals surface area contributed by atoms with Gasteiger partial charge in [0.2, 0.25) is 0 Å². The Morgan fingerprint density at radius 2 is 0.935 bits per heavy atom. The van der Waals surface area contributed by atoms with Crippen LogP contribution in [0.5, 0.6) is 0 Å². The van der Waals surface area contributed by atoms with Crippen molar-refractivity contribution in [3.8, 4) is 107 Å². The molecule has 1 unspecified atom stereocenters. The molecular weight excluding hydrogens is 570 g/mol. The average Bonchev–Trinajstić information content (AvgIpc) is 3.05. The van der Waals surface area contributed by atoms with E-state index in [4.69, 9.17) is 11.2 Å². The molecule has 0 aliphatic carbocycles. The lowest BCUT2D eigenvalue weighted by molar-refractivity contribution is -0.164. The monoisotopic (exact) mass is 615 g/mol. The fraction of sp³-hybridized carbons (Fsp3) is 0.512. The molecule has 0 aliphatic rings. The number of hydrogen-bond donors (Lipinski definition) is 1. The fourth-order valence-corrected chi connectivity index (χ4v) is 4.05. The number of rotatable bonds is 20. The second-order valence-electron chi connectivity index (χ2n) is 10.3. The lowest BCUT2D eigenvalue weighted by atomic mass is 10.0. The topological polar surface area (TPSA) is 66.8 Å². The molecule has 0 fully saturated rings. The maximum absolute atomic E-state index is 12.3. The molecule has 238 valence electrons. The summed E-state index contributed by atoms with van der Waals surface area (Å²) in [6.45, 7) is 2.55. The first-order chi connectivity index (χ1) is 22.5. The van der Waals surface area contributed by atoms with E-state index in [-0.39, 0.29) is 6.42 Å². The second-order valence-corrected chi connectivity index (χ2v) is 10.3. The Bertz CT molecular complexity index is 1470. The summed E-state index contributed by atoms with van der Waals surface area (Å²) in [6.07, 6.45) is 25.0. The third kappa shape index (κ3) is 29.0. The number of amides is 1. The van der Waals surface area contributed by atoms with Crippen LogP contribution < -0.4 is 0 Å². The average molecular weight is 616 g/mol. The Morgan fingerprint density at radius 3 is 1.30 bits per heavy atom. The first-order valence-corrected chi connectivity index (χ1v) is 16.1. The molecule has 0 heterocycles. The van der Waals surface area contributed by atoms with Crippen molar-refractivity contribution >= 4 is 11.9 Å². The number of hydrogen-bond acceptors (Lipinski definition) is 4. The summed E-state index contributed by atoms with van der Waals surface area (Å²) in [5.41, 5.74) is 0. The highest BCUT2D eigenvalue weighted by molar-refractivity contribution is 5.85. The van der Waals surface area contributed by atoms with Gasteiger partial charge in [-0.05, 0) is 101 Å². The maximum Gasteiger partial charge on any atom is 0.307 e. The Morgan fingerprint density at radius 1 is 0.587 bits per heavy atom. The number of hydroxylamine groups is 2. The van der Waals surface area contributed by atoms with Gasteiger partial charge in [-0.2, -0.15) is 0 Å². The number of esters is 1. The SMILES string of the molecule is C#CC#CC#CC#CC#CC#CC#CC#CC#CC(CC(=O)OCCCCCCCCCCCCCCCCCC)C(=O)N(C)O. The zero-order valence-corrected chi connectivity index (χ0v) is 27.5. The third-order valence-electron chi connectivity index (χ3n) is 6.44. The Labute approximate surface area is 278 Å². The summed E-state index contributed by atoms with van der Waals surface area (Å²) in [5, 5.41) is 9.92. The highest BCUT2D eigenvalue weighted by atomic mass is 16.5. The van der Waals surface area contributed by atoms with Crippen LogP contribution in [0.4, 0.5) is 0 Å². The predicted octanol–water partition coefficient (Wildman–Crippen LogP) is 6.31. The van der Waals surface area contributed by atoms with Crippen LogP contribution in [0.2, 0.25) is 0 Å². The first-order valence-electron chi connectivity index (χ1n) is 16.1. The molecule has 0 saturated heterocycles. The summed E-state index contributed by atoms with van der Waals surface area (Å²) >= 11 is 0. The smallest absolute Gasteiger partial charge is 0.307 e. The van der Waals surface area contributed by atoms with E-state index in [2.05, 4.69) is 108 Å². The second kappa shape index (κ2) is 32.8. The van der Waals surface area contributed by atoms with Crippen LogP contribution in [0.15, 0.2) is 0 Å². The van der Waals surface area contributed by atoms with Gasteiger partial charge >= 0.3 is 5.97 Å². The summed E-state index contributed by atoms with van der Waals surface area (Å²) in [6, 6.07) is 0. The molecule has 0 spiro atoms. The van der Waals surface area contributed by atoms with Crippen molar-refractivity contribution in [1.82, 2.24) is 5.06 Å². The number of carbonyl (C=O) groups is 2. The molecule has 0 aliphatic heterocycles. The minimum absolute atomic E-state index is 0.278. The van der Waals surface area contributed by atoms with E-state index in [1.54, 1.807) is 0 Å². The van der Waals surface area contributed by atoms with E-state index in [0.717, 1.165) is 19.3 Å². The minimum Gasteiger partial charge on any atom is -0.466 e. The molecule has 1 atom stereocenters. The van der Waals surface area contributed by atoms with E-state index in [1.807, 2.05) is 0 Å². The van der Waals surface area contributed by atoms with Crippen molar-refractivity contribution in [3.05, 3.63) is 0 Å². The number of ether oxygens (including phenoxy) is 1. The van der Waals surface area contributed by atoms with Crippen molar-refractivity contribution < 1.29 is 19.5 Å². The molecular formula is C41H45NO4. The molecule has 46 heavy (non-hydrogen) atoms.